The van der Waals surface area contributed by atoms with E-state index in [1.54, 1.807) is 0 Å². The van der Waals surface area contributed by atoms with Gasteiger partial charge in [-0.25, -0.2) is 9.13 Å². The maximum Gasteiger partial charge on any atom is 0.303 e. The number of carboxylic acids is 1. The van der Waals surface area contributed by atoms with E-state index < -0.39 is 5.97 Å². The molecule has 1 heterocycles. The Morgan fingerprint density at radius 1 is 1.04 bits per heavy atom. The number of hydrogen-bond donors (Lipinski definition) is 1. The maximum absolute atomic E-state index is 10.7. The number of aliphatic carboxylic acids is 1. The second kappa shape index (κ2) is 12.1. The summed E-state index contributed by atoms with van der Waals surface area (Å²) in [5.74, 6) is 0.647. The lowest BCUT2D eigenvalue weighted by Gasteiger charge is -2.04. The highest BCUT2D eigenvalue weighted by atomic mass is 16.4. The number of nitrogens with zero attached hydrogens (tertiary/aromatic N) is 2. The summed E-state index contributed by atoms with van der Waals surface area (Å²) in [4.78, 5) is 10.7. The Balaban J connectivity index is 2.30. The standard InChI is InChI=1S/C19H34N2O2/c1-3-5-6-7-8-9-10-11-13-18-20(4-2)16-17-21(18)15-12-14-19(22)23/h16-17H,3-15H2,1-2H3/p+1. The summed E-state index contributed by atoms with van der Waals surface area (Å²) in [5.41, 5.74) is 0. The lowest BCUT2D eigenvalue weighted by Crippen LogP contribution is -2.37. The third-order valence-electron chi connectivity index (χ3n) is 4.47. The molecule has 0 aromatic carbocycles. The lowest BCUT2D eigenvalue weighted by molar-refractivity contribution is -0.704. The van der Waals surface area contributed by atoms with E-state index in [2.05, 4.69) is 35.4 Å². The zero-order chi connectivity index (χ0) is 16.9. The van der Waals surface area contributed by atoms with Gasteiger partial charge in [-0.2, -0.15) is 0 Å². The van der Waals surface area contributed by atoms with Gasteiger partial charge in [-0.05, 0) is 19.8 Å². The molecule has 132 valence electrons. The monoisotopic (exact) mass is 323 g/mol. The van der Waals surface area contributed by atoms with E-state index in [1.807, 2.05) is 0 Å². The molecule has 4 heteroatoms. The molecule has 0 fully saturated rings. The van der Waals surface area contributed by atoms with E-state index in [0.717, 1.165) is 19.5 Å². The number of rotatable bonds is 14. The van der Waals surface area contributed by atoms with Crippen LogP contribution >= 0.6 is 0 Å². The second-order valence-electron chi connectivity index (χ2n) is 6.42. The third-order valence-corrected chi connectivity index (χ3v) is 4.47. The molecule has 0 aliphatic carbocycles. The number of imidazole rings is 1. The first kappa shape index (κ1) is 19.7. The Hall–Kier alpha value is -1.32. The summed E-state index contributed by atoms with van der Waals surface area (Å²) in [6.07, 6.45) is 17.0. The van der Waals surface area contributed by atoms with Crippen LogP contribution in [0, 0.1) is 0 Å². The van der Waals surface area contributed by atoms with E-state index in [9.17, 15) is 4.79 Å². The summed E-state index contributed by atoms with van der Waals surface area (Å²) < 4.78 is 4.54. The average molecular weight is 324 g/mol. The summed E-state index contributed by atoms with van der Waals surface area (Å²) in [7, 11) is 0. The van der Waals surface area contributed by atoms with Crippen molar-refractivity contribution in [1.29, 1.82) is 0 Å². The Bertz CT molecular complexity index is 441. The van der Waals surface area contributed by atoms with Crippen molar-refractivity contribution >= 4 is 5.97 Å². The van der Waals surface area contributed by atoms with Gasteiger partial charge >= 0.3 is 5.97 Å². The van der Waals surface area contributed by atoms with Crippen LogP contribution in [0.4, 0.5) is 0 Å². The van der Waals surface area contributed by atoms with Crippen molar-refractivity contribution in [3.63, 3.8) is 0 Å². The molecular weight excluding hydrogens is 288 g/mol. The van der Waals surface area contributed by atoms with Crippen molar-refractivity contribution in [2.75, 3.05) is 0 Å². The predicted octanol–water partition coefficient (Wildman–Crippen LogP) is 4.34. The van der Waals surface area contributed by atoms with Crippen LogP contribution in [0.15, 0.2) is 12.4 Å². The Kier molecular flexibility index (Phi) is 10.4. The Morgan fingerprint density at radius 2 is 1.70 bits per heavy atom. The highest BCUT2D eigenvalue weighted by Gasteiger charge is 2.15. The van der Waals surface area contributed by atoms with E-state index >= 15 is 0 Å². The molecule has 1 aromatic heterocycles. The number of hydrogen-bond acceptors (Lipinski definition) is 1. The molecule has 0 unspecified atom stereocenters. The van der Waals surface area contributed by atoms with Crippen molar-refractivity contribution in [3.8, 4) is 0 Å². The highest BCUT2D eigenvalue weighted by Crippen LogP contribution is 2.10. The molecule has 1 N–H and O–H groups in total. The van der Waals surface area contributed by atoms with Crippen LogP contribution in [0.1, 0.15) is 83.9 Å². The van der Waals surface area contributed by atoms with Crippen molar-refractivity contribution in [2.24, 2.45) is 0 Å². The zero-order valence-corrected chi connectivity index (χ0v) is 15.1. The molecule has 0 radical (unpaired) electrons. The van der Waals surface area contributed by atoms with Gasteiger partial charge < -0.3 is 5.11 Å². The van der Waals surface area contributed by atoms with Crippen LogP contribution in [0.5, 0.6) is 0 Å². The number of carbonyl (C=O) groups is 1. The molecule has 0 saturated carbocycles. The fraction of sp³-hybridized carbons (Fsp3) is 0.789. The molecule has 23 heavy (non-hydrogen) atoms. The quantitative estimate of drug-likeness (QED) is 0.409. The molecule has 0 saturated heterocycles. The SMILES string of the molecule is CCCCCCCCCCc1n(CC)cc[n+]1CCCC(=O)O. The summed E-state index contributed by atoms with van der Waals surface area (Å²) in [6, 6.07) is 0. The topological polar surface area (TPSA) is 46.1 Å². The van der Waals surface area contributed by atoms with Crippen molar-refractivity contribution in [3.05, 3.63) is 18.2 Å². The molecule has 0 bridgehead atoms. The van der Waals surface area contributed by atoms with Crippen LogP contribution in [-0.2, 0) is 24.3 Å². The van der Waals surface area contributed by atoms with Crippen molar-refractivity contribution in [1.82, 2.24) is 4.57 Å². The first-order chi connectivity index (χ1) is 11.2. The number of aromatic nitrogens is 2. The first-order valence-electron chi connectivity index (χ1n) is 9.48. The summed E-state index contributed by atoms with van der Waals surface area (Å²) in [6.45, 7) is 6.22. The molecule has 1 rings (SSSR count). The molecule has 4 nitrogen and oxygen atoms in total. The summed E-state index contributed by atoms with van der Waals surface area (Å²) in [5, 5.41) is 8.78. The molecule has 0 amide bonds. The van der Waals surface area contributed by atoms with Crippen molar-refractivity contribution < 1.29 is 14.5 Å². The van der Waals surface area contributed by atoms with Gasteiger partial charge in [0.1, 0.15) is 12.4 Å². The van der Waals surface area contributed by atoms with Gasteiger partial charge in [-0.1, -0.05) is 51.9 Å². The second-order valence-corrected chi connectivity index (χ2v) is 6.42. The number of unbranched alkanes of at least 4 members (excludes halogenated alkanes) is 7. The highest BCUT2D eigenvalue weighted by molar-refractivity contribution is 5.66. The fourth-order valence-corrected chi connectivity index (χ4v) is 3.09. The lowest BCUT2D eigenvalue weighted by atomic mass is 10.1. The smallest absolute Gasteiger partial charge is 0.303 e. The van der Waals surface area contributed by atoms with E-state index in [0.29, 0.717) is 6.42 Å². The third kappa shape index (κ3) is 8.19. The number of aryl methyl sites for hydroxylation is 2. The van der Waals surface area contributed by atoms with Gasteiger partial charge in [0, 0.05) is 12.8 Å². The molecule has 0 atom stereocenters. The van der Waals surface area contributed by atoms with Gasteiger partial charge in [0.15, 0.2) is 0 Å². The minimum Gasteiger partial charge on any atom is -0.481 e. The Morgan fingerprint density at radius 3 is 2.30 bits per heavy atom. The van der Waals surface area contributed by atoms with E-state index in [4.69, 9.17) is 5.11 Å². The van der Waals surface area contributed by atoms with Gasteiger partial charge in [-0.15, -0.1) is 0 Å². The molecule has 0 aliphatic heterocycles. The largest absolute Gasteiger partial charge is 0.481 e. The Labute approximate surface area is 141 Å². The molecular formula is C19H35N2O2+. The minimum atomic E-state index is -0.704. The zero-order valence-electron chi connectivity index (χ0n) is 15.1. The van der Waals surface area contributed by atoms with Crippen LogP contribution in [0.2, 0.25) is 0 Å². The van der Waals surface area contributed by atoms with E-state index in [-0.39, 0.29) is 6.42 Å². The van der Waals surface area contributed by atoms with Crippen molar-refractivity contribution in [2.45, 2.75) is 97.6 Å². The summed E-state index contributed by atoms with van der Waals surface area (Å²) >= 11 is 0. The van der Waals surface area contributed by atoms with E-state index in [1.165, 1.54) is 57.2 Å². The van der Waals surface area contributed by atoms with Crippen LogP contribution in [0.3, 0.4) is 0 Å². The van der Waals surface area contributed by atoms with Gasteiger partial charge in [0.25, 0.3) is 5.82 Å². The molecule has 0 spiro atoms. The molecule has 1 aromatic rings. The van der Waals surface area contributed by atoms with Gasteiger partial charge in [0.05, 0.1) is 13.1 Å². The van der Waals surface area contributed by atoms with Gasteiger partial charge in [-0.3, -0.25) is 4.79 Å². The van der Waals surface area contributed by atoms with Gasteiger partial charge in [0.2, 0.25) is 0 Å². The average Bonchev–Trinajstić information content (AvgIpc) is 2.92. The minimum absolute atomic E-state index is 0.251. The van der Waals surface area contributed by atoms with Crippen LogP contribution in [0.25, 0.3) is 0 Å². The van der Waals surface area contributed by atoms with Crippen LogP contribution in [-0.4, -0.2) is 15.6 Å². The number of carboxylic acid groups (broad SMARTS) is 1. The van der Waals surface area contributed by atoms with Crippen LogP contribution < -0.4 is 4.57 Å². The maximum atomic E-state index is 10.7. The fourth-order valence-electron chi connectivity index (χ4n) is 3.09. The molecule has 0 aliphatic rings. The first-order valence-corrected chi connectivity index (χ1v) is 9.48. The predicted molar refractivity (Wildman–Crippen MR) is 93.5 cm³/mol. The normalized spacial score (nSPS) is 11.0.